The fourth-order valence-corrected chi connectivity index (χ4v) is 3.89. The van der Waals surface area contributed by atoms with Crippen molar-refractivity contribution >= 4 is 23.3 Å². The maximum Gasteiger partial charge on any atom is 0.263 e. The van der Waals surface area contributed by atoms with Gasteiger partial charge in [-0.05, 0) is 74.0 Å². The minimum Gasteiger partial charge on any atom is -0.497 e. The van der Waals surface area contributed by atoms with Crippen LogP contribution in [0.5, 0.6) is 11.5 Å². The van der Waals surface area contributed by atoms with Gasteiger partial charge in [0, 0.05) is 36.8 Å². The summed E-state index contributed by atoms with van der Waals surface area (Å²) in [5.74, 6) is 2.23. The van der Waals surface area contributed by atoms with Crippen LogP contribution < -0.4 is 14.4 Å². The Kier molecular flexibility index (Phi) is 6.99. The highest BCUT2D eigenvalue weighted by Gasteiger charge is 2.26. The molecule has 4 rings (SSSR count). The van der Waals surface area contributed by atoms with Crippen LogP contribution >= 0.6 is 11.6 Å². The first-order chi connectivity index (χ1) is 15.9. The van der Waals surface area contributed by atoms with Crippen LogP contribution in [0.15, 0.2) is 54.6 Å². The van der Waals surface area contributed by atoms with Crippen molar-refractivity contribution in [3.8, 4) is 22.8 Å². The van der Waals surface area contributed by atoms with Crippen LogP contribution in [-0.2, 0) is 4.79 Å². The Morgan fingerprint density at radius 2 is 1.67 bits per heavy atom. The molecule has 1 aromatic heterocycles. The summed E-state index contributed by atoms with van der Waals surface area (Å²) in [6.07, 6.45) is -0.569. The summed E-state index contributed by atoms with van der Waals surface area (Å²) in [5.41, 5.74) is 2.70. The highest BCUT2D eigenvalue weighted by atomic mass is 35.5. The largest absolute Gasteiger partial charge is 0.497 e. The molecule has 33 heavy (non-hydrogen) atoms. The van der Waals surface area contributed by atoms with E-state index in [0.29, 0.717) is 37.0 Å². The second-order valence-electron chi connectivity index (χ2n) is 7.99. The fourth-order valence-electron chi connectivity index (χ4n) is 3.77. The van der Waals surface area contributed by atoms with Crippen LogP contribution in [0.2, 0.25) is 5.02 Å². The molecule has 1 fully saturated rings. The van der Waals surface area contributed by atoms with Crippen LogP contribution in [0.3, 0.4) is 0 Å². The van der Waals surface area contributed by atoms with Crippen LogP contribution in [0, 0.1) is 6.92 Å². The monoisotopic (exact) mass is 466 g/mol. The van der Waals surface area contributed by atoms with E-state index in [2.05, 4.69) is 15.1 Å². The highest BCUT2D eigenvalue weighted by Crippen LogP contribution is 2.24. The number of carbonyl (C=O) groups excluding carboxylic acids is 1. The Labute approximate surface area is 198 Å². The molecular weight excluding hydrogens is 440 g/mol. The SMILES string of the molecule is COc1ccc(-c2ccc(N3CCN(C(=O)C(C)Oc4ccc(Cl)c(C)c4)CC3)nn2)cc1. The number of halogens is 1. The van der Waals surface area contributed by atoms with Gasteiger partial charge in [0.15, 0.2) is 11.9 Å². The summed E-state index contributed by atoms with van der Waals surface area (Å²) < 4.78 is 11.1. The normalized spacial score (nSPS) is 14.7. The van der Waals surface area contributed by atoms with E-state index in [1.807, 2.05) is 54.3 Å². The van der Waals surface area contributed by atoms with Gasteiger partial charge in [0.25, 0.3) is 5.91 Å². The van der Waals surface area contributed by atoms with Gasteiger partial charge >= 0.3 is 0 Å². The Morgan fingerprint density at radius 3 is 2.27 bits per heavy atom. The third-order valence-corrected chi connectivity index (χ3v) is 6.17. The van der Waals surface area contributed by atoms with Gasteiger partial charge in [0.1, 0.15) is 11.5 Å². The standard InChI is InChI=1S/C25H27ClN4O3/c1-17-16-21(8-9-22(17)26)33-18(2)25(31)30-14-12-29(13-15-30)24-11-10-23(27-28-24)19-4-6-20(32-3)7-5-19/h4-11,16,18H,12-15H2,1-3H3. The van der Waals surface area contributed by atoms with Crippen molar-refractivity contribution in [1.29, 1.82) is 0 Å². The van der Waals surface area contributed by atoms with Gasteiger partial charge in [-0.15, -0.1) is 10.2 Å². The lowest BCUT2D eigenvalue weighted by atomic mass is 10.1. The lowest BCUT2D eigenvalue weighted by molar-refractivity contribution is -0.138. The molecule has 0 bridgehead atoms. The van der Waals surface area contributed by atoms with Gasteiger partial charge in [-0.25, -0.2) is 0 Å². The van der Waals surface area contributed by atoms with E-state index in [0.717, 1.165) is 28.4 Å². The van der Waals surface area contributed by atoms with E-state index >= 15 is 0 Å². The molecule has 1 aliphatic rings. The molecule has 0 radical (unpaired) electrons. The molecule has 2 aromatic carbocycles. The molecule has 8 heteroatoms. The van der Waals surface area contributed by atoms with E-state index in [1.54, 1.807) is 26.2 Å². The highest BCUT2D eigenvalue weighted by molar-refractivity contribution is 6.31. The number of hydrogen-bond acceptors (Lipinski definition) is 6. The molecule has 0 aliphatic carbocycles. The second kappa shape index (κ2) is 10.1. The van der Waals surface area contributed by atoms with Crippen molar-refractivity contribution in [2.24, 2.45) is 0 Å². The van der Waals surface area contributed by atoms with E-state index in [9.17, 15) is 4.79 Å². The molecule has 172 valence electrons. The molecule has 1 atom stereocenters. The zero-order chi connectivity index (χ0) is 23.4. The quantitative estimate of drug-likeness (QED) is 0.541. The number of anilines is 1. The lowest BCUT2D eigenvalue weighted by Crippen LogP contribution is -2.52. The van der Waals surface area contributed by atoms with E-state index in [-0.39, 0.29) is 5.91 Å². The number of aromatic nitrogens is 2. The first-order valence-electron chi connectivity index (χ1n) is 10.9. The molecule has 3 aromatic rings. The summed E-state index contributed by atoms with van der Waals surface area (Å²) in [7, 11) is 1.64. The topological polar surface area (TPSA) is 67.8 Å². The van der Waals surface area contributed by atoms with Gasteiger partial charge in [0.2, 0.25) is 0 Å². The number of piperazine rings is 1. The maximum atomic E-state index is 12.9. The van der Waals surface area contributed by atoms with Crippen LogP contribution in [0.25, 0.3) is 11.3 Å². The summed E-state index contributed by atoms with van der Waals surface area (Å²) in [6.45, 7) is 6.28. The van der Waals surface area contributed by atoms with E-state index < -0.39 is 6.10 Å². The number of ether oxygens (including phenoxy) is 2. The van der Waals surface area contributed by atoms with Gasteiger partial charge in [0.05, 0.1) is 12.8 Å². The minimum atomic E-state index is -0.569. The number of benzene rings is 2. The fraction of sp³-hybridized carbons (Fsp3) is 0.320. The van der Waals surface area contributed by atoms with Crippen LogP contribution in [0.4, 0.5) is 5.82 Å². The third kappa shape index (κ3) is 5.37. The Morgan fingerprint density at radius 1 is 0.970 bits per heavy atom. The smallest absolute Gasteiger partial charge is 0.263 e. The summed E-state index contributed by atoms with van der Waals surface area (Å²) in [5, 5.41) is 9.46. The number of rotatable bonds is 6. The predicted octanol–water partition coefficient (Wildman–Crippen LogP) is 4.23. The molecule has 0 saturated carbocycles. The summed E-state index contributed by atoms with van der Waals surface area (Å²) in [4.78, 5) is 16.8. The molecule has 1 amide bonds. The van der Waals surface area contributed by atoms with Gasteiger partial charge in [-0.2, -0.15) is 0 Å². The molecule has 0 N–H and O–H groups in total. The minimum absolute atomic E-state index is 0.0248. The van der Waals surface area contributed by atoms with Crippen molar-refractivity contribution < 1.29 is 14.3 Å². The molecule has 1 unspecified atom stereocenters. The Balaban J connectivity index is 1.32. The van der Waals surface area contributed by atoms with Crippen LogP contribution in [-0.4, -0.2) is 60.4 Å². The number of hydrogen-bond donors (Lipinski definition) is 0. The molecule has 1 aliphatic heterocycles. The number of aryl methyl sites for hydroxylation is 1. The van der Waals surface area contributed by atoms with Crippen molar-refractivity contribution in [3.63, 3.8) is 0 Å². The van der Waals surface area contributed by atoms with Gasteiger partial charge in [-0.3, -0.25) is 4.79 Å². The van der Waals surface area contributed by atoms with E-state index in [1.165, 1.54) is 0 Å². The van der Waals surface area contributed by atoms with Crippen molar-refractivity contribution in [3.05, 3.63) is 65.2 Å². The van der Waals surface area contributed by atoms with E-state index in [4.69, 9.17) is 21.1 Å². The Bertz CT molecular complexity index is 1100. The van der Waals surface area contributed by atoms with Gasteiger partial charge in [-0.1, -0.05) is 11.6 Å². The number of nitrogens with zero attached hydrogens (tertiary/aromatic N) is 4. The number of amides is 1. The molecule has 2 heterocycles. The second-order valence-corrected chi connectivity index (χ2v) is 8.40. The zero-order valence-electron chi connectivity index (χ0n) is 19.0. The Hall–Kier alpha value is -3.32. The van der Waals surface area contributed by atoms with Gasteiger partial charge < -0.3 is 19.3 Å². The molecule has 0 spiro atoms. The first kappa shape index (κ1) is 22.9. The maximum absolute atomic E-state index is 12.9. The molecule has 7 nitrogen and oxygen atoms in total. The number of methoxy groups -OCH3 is 1. The third-order valence-electron chi connectivity index (χ3n) is 5.74. The summed E-state index contributed by atoms with van der Waals surface area (Å²) >= 11 is 6.07. The first-order valence-corrected chi connectivity index (χ1v) is 11.3. The van der Waals surface area contributed by atoms with Crippen LogP contribution in [0.1, 0.15) is 12.5 Å². The zero-order valence-corrected chi connectivity index (χ0v) is 19.7. The van der Waals surface area contributed by atoms with Crippen molar-refractivity contribution in [1.82, 2.24) is 15.1 Å². The lowest BCUT2D eigenvalue weighted by Gasteiger charge is -2.36. The summed E-state index contributed by atoms with van der Waals surface area (Å²) in [6, 6.07) is 17.1. The molecule has 1 saturated heterocycles. The predicted molar refractivity (Wildman–Crippen MR) is 129 cm³/mol. The average molecular weight is 467 g/mol. The van der Waals surface area contributed by atoms with Crippen molar-refractivity contribution in [2.45, 2.75) is 20.0 Å². The average Bonchev–Trinajstić information content (AvgIpc) is 2.86. The van der Waals surface area contributed by atoms with Crippen molar-refractivity contribution in [2.75, 3.05) is 38.2 Å². The molecular formula is C25H27ClN4O3. The number of carbonyl (C=O) groups is 1.